The van der Waals surface area contributed by atoms with E-state index in [0.717, 1.165) is 51.8 Å². The van der Waals surface area contributed by atoms with Crippen molar-refractivity contribution >= 4 is 5.91 Å². The Balaban J connectivity index is 1.90. The van der Waals surface area contributed by atoms with E-state index in [9.17, 15) is 4.79 Å². The molecule has 2 aliphatic rings. The molecule has 0 aromatic heterocycles. The molecule has 1 aliphatic carbocycles. The van der Waals surface area contributed by atoms with Crippen molar-refractivity contribution in [2.24, 2.45) is 11.7 Å². The molecule has 1 amide bonds. The predicted molar refractivity (Wildman–Crippen MR) is 66.5 cm³/mol. The summed E-state index contributed by atoms with van der Waals surface area (Å²) in [6, 6.07) is 0.0787. The Morgan fingerprint density at radius 1 is 1.35 bits per heavy atom. The van der Waals surface area contributed by atoms with Gasteiger partial charge in [-0.25, -0.2) is 0 Å². The van der Waals surface area contributed by atoms with E-state index in [-0.39, 0.29) is 24.0 Å². The van der Waals surface area contributed by atoms with Gasteiger partial charge in [0.05, 0.1) is 12.0 Å². The maximum Gasteiger partial charge on any atom is 0.227 e. The van der Waals surface area contributed by atoms with Crippen LogP contribution in [0.4, 0.5) is 0 Å². The average Bonchev–Trinajstić information content (AvgIpc) is 2.75. The van der Waals surface area contributed by atoms with Crippen LogP contribution in [0, 0.1) is 5.92 Å². The Labute approximate surface area is 103 Å². The minimum absolute atomic E-state index is 0.0652. The van der Waals surface area contributed by atoms with Gasteiger partial charge in [-0.3, -0.25) is 4.79 Å². The second kappa shape index (κ2) is 5.83. The number of likely N-dealkylation sites (tertiary alicyclic amines) is 1. The van der Waals surface area contributed by atoms with E-state index in [1.54, 1.807) is 0 Å². The third kappa shape index (κ3) is 2.99. The number of piperidine rings is 1. The fourth-order valence-corrected chi connectivity index (χ4v) is 3.04. The van der Waals surface area contributed by atoms with Crippen molar-refractivity contribution in [2.75, 3.05) is 19.7 Å². The molecule has 0 spiro atoms. The first kappa shape index (κ1) is 12.8. The molecule has 3 atom stereocenters. The molecule has 2 rings (SSSR count). The van der Waals surface area contributed by atoms with E-state index < -0.39 is 0 Å². The quantitative estimate of drug-likeness (QED) is 0.805. The van der Waals surface area contributed by atoms with Gasteiger partial charge in [-0.2, -0.15) is 0 Å². The van der Waals surface area contributed by atoms with Crippen molar-refractivity contribution in [2.45, 2.75) is 51.2 Å². The SMILES string of the molecule is CCO[C@@H]1CCCN(C(=O)[C@H]2CCC[C@H]2N)C1. The third-order valence-electron chi connectivity index (χ3n) is 3.98. The highest BCUT2D eigenvalue weighted by Gasteiger charge is 2.35. The maximum atomic E-state index is 12.4. The molecule has 4 heteroatoms. The summed E-state index contributed by atoms with van der Waals surface area (Å²) >= 11 is 0. The lowest BCUT2D eigenvalue weighted by molar-refractivity contribution is -0.139. The fourth-order valence-electron chi connectivity index (χ4n) is 3.04. The topological polar surface area (TPSA) is 55.6 Å². The minimum atomic E-state index is 0.0652. The van der Waals surface area contributed by atoms with Crippen LogP contribution in [-0.2, 0) is 9.53 Å². The normalized spacial score (nSPS) is 34.0. The third-order valence-corrected chi connectivity index (χ3v) is 3.98. The number of hydrogen-bond acceptors (Lipinski definition) is 3. The highest BCUT2D eigenvalue weighted by atomic mass is 16.5. The lowest BCUT2D eigenvalue weighted by Gasteiger charge is -2.34. The van der Waals surface area contributed by atoms with E-state index in [2.05, 4.69) is 0 Å². The molecule has 4 nitrogen and oxygen atoms in total. The number of rotatable bonds is 3. The Bertz CT molecular complexity index is 268. The standard InChI is InChI=1S/C13H24N2O2/c1-2-17-10-5-4-8-15(9-10)13(16)11-6-3-7-12(11)14/h10-12H,2-9,14H2,1H3/t10-,11+,12-/m1/s1. The maximum absolute atomic E-state index is 12.4. The van der Waals surface area contributed by atoms with Crippen LogP contribution in [0.2, 0.25) is 0 Å². The summed E-state index contributed by atoms with van der Waals surface area (Å²) in [7, 11) is 0. The lowest BCUT2D eigenvalue weighted by atomic mass is 10.00. The highest BCUT2D eigenvalue weighted by molar-refractivity contribution is 5.80. The van der Waals surface area contributed by atoms with Crippen molar-refractivity contribution in [1.29, 1.82) is 0 Å². The molecular formula is C13H24N2O2. The van der Waals surface area contributed by atoms with Crippen molar-refractivity contribution < 1.29 is 9.53 Å². The molecule has 1 aliphatic heterocycles. The molecule has 1 heterocycles. The van der Waals surface area contributed by atoms with Gasteiger partial charge in [-0.15, -0.1) is 0 Å². The van der Waals surface area contributed by atoms with E-state index in [0.29, 0.717) is 0 Å². The number of nitrogens with two attached hydrogens (primary N) is 1. The van der Waals surface area contributed by atoms with Crippen LogP contribution >= 0.6 is 0 Å². The number of amides is 1. The van der Waals surface area contributed by atoms with Gasteiger partial charge in [0.2, 0.25) is 5.91 Å². The molecule has 2 fully saturated rings. The summed E-state index contributed by atoms with van der Waals surface area (Å²) in [6.07, 6.45) is 5.43. The fraction of sp³-hybridized carbons (Fsp3) is 0.923. The summed E-state index contributed by atoms with van der Waals surface area (Å²) in [5.74, 6) is 0.328. The van der Waals surface area contributed by atoms with Gasteiger partial charge in [-0.05, 0) is 32.6 Å². The number of nitrogens with zero attached hydrogens (tertiary/aromatic N) is 1. The predicted octanol–water partition coefficient (Wildman–Crippen LogP) is 1.14. The molecule has 0 aromatic carbocycles. The largest absolute Gasteiger partial charge is 0.377 e. The van der Waals surface area contributed by atoms with E-state index in [1.807, 2.05) is 11.8 Å². The monoisotopic (exact) mass is 240 g/mol. The molecule has 2 N–H and O–H groups in total. The van der Waals surface area contributed by atoms with Crippen molar-refractivity contribution in [3.63, 3.8) is 0 Å². The Kier molecular flexibility index (Phi) is 4.40. The summed E-state index contributed by atoms with van der Waals surface area (Å²) in [6.45, 7) is 4.38. The molecular weight excluding hydrogens is 216 g/mol. The van der Waals surface area contributed by atoms with Gasteiger partial charge in [0, 0.05) is 25.7 Å². The molecule has 0 aromatic rings. The highest BCUT2D eigenvalue weighted by Crippen LogP contribution is 2.27. The van der Waals surface area contributed by atoms with Gasteiger partial charge in [-0.1, -0.05) is 6.42 Å². The lowest BCUT2D eigenvalue weighted by Crippen LogP contribution is -2.48. The van der Waals surface area contributed by atoms with E-state index in [4.69, 9.17) is 10.5 Å². The Morgan fingerprint density at radius 2 is 2.18 bits per heavy atom. The second-order valence-corrected chi connectivity index (χ2v) is 5.21. The zero-order valence-electron chi connectivity index (χ0n) is 10.7. The van der Waals surface area contributed by atoms with Crippen molar-refractivity contribution in [1.82, 2.24) is 4.90 Å². The average molecular weight is 240 g/mol. The van der Waals surface area contributed by atoms with Crippen LogP contribution < -0.4 is 5.73 Å². The summed E-state index contributed by atoms with van der Waals surface area (Å²) in [4.78, 5) is 14.3. The van der Waals surface area contributed by atoms with Crippen LogP contribution in [0.3, 0.4) is 0 Å². The zero-order valence-corrected chi connectivity index (χ0v) is 10.7. The van der Waals surface area contributed by atoms with Crippen molar-refractivity contribution in [3.8, 4) is 0 Å². The number of carbonyl (C=O) groups is 1. The summed E-state index contributed by atoms with van der Waals surface area (Å²) < 4.78 is 5.63. The van der Waals surface area contributed by atoms with Gasteiger partial charge in [0.15, 0.2) is 0 Å². The van der Waals surface area contributed by atoms with Crippen LogP contribution in [-0.4, -0.2) is 42.6 Å². The number of hydrogen-bond donors (Lipinski definition) is 1. The molecule has 0 radical (unpaired) electrons. The molecule has 1 saturated carbocycles. The number of ether oxygens (including phenoxy) is 1. The van der Waals surface area contributed by atoms with Gasteiger partial charge >= 0.3 is 0 Å². The van der Waals surface area contributed by atoms with Crippen LogP contribution in [0.5, 0.6) is 0 Å². The van der Waals surface area contributed by atoms with Crippen LogP contribution in [0.25, 0.3) is 0 Å². The summed E-state index contributed by atoms with van der Waals surface area (Å²) in [5, 5.41) is 0. The van der Waals surface area contributed by atoms with Gasteiger partial charge in [0.1, 0.15) is 0 Å². The summed E-state index contributed by atoms with van der Waals surface area (Å²) in [5.41, 5.74) is 6.00. The molecule has 17 heavy (non-hydrogen) atoms. The van der Waals surface area contributed by atoms with Gasteiger partial charge < -0.3 is 15.4 Å². The first-order chi connectivity index (χ1) is 8.22. The van der Waals surface area contributed by atoms with Crippen molar-refractivity contribution in [3.05, 3.63) is 0 Å². The zero-order chi connectivity index (χ0) is 12.3. The van der Waals surface area contributed by atoms with E-state index >= 15 is 0 Å². The second-order valence-electron chi connectivity index (χ2n) is 5.21. The molecule has 98 valence electrons. The molecule has 0 bridgehead atoms. The minimum Gasteiger partial charge on any atom is -0.377 e. The van der Waals surface area contributed by atoms with E-state index in [1.165, 1.54) is 0 Å². The van der Waals surface area contributed by atoms with Crippen LogP contribution in [0.15, 0.2) is 0 Å². The first-order valence-corrected chi connectivity index (χ1v) is 6.88. The van der Waals surface area contributed by atoms with Crippen LogP contribution in [0.1, 0.15) is 39.0 Å². The molecule has 1 saturated heterocycles. The first-order valence-electron chi connectivity index (χ1n) is 6.88. The Morgan fingerprint density at radius 3 is 2.82 bits per heavy atom. The van der Waals surface area contributed by atoms with Gasteiger partial charge in [0.25, 0.3) is 0 Å². The Hall–Kier alpha value is -0.610. The smallest absolute Gasteiger partial charge is 0.227 e. The molecule has 0 unspecified atom stereocenters. The number of carbonyl (C=O) groups excluding carboxylic acids is 1.